The Labute approximate surface area is 118 Å². The van der Waals surface area contributed by atoms with E-state index in [4.69, 9.17) is 4.74 Å². The fraction of sp³-hybridized carbons (Fsp3) is 1.00. The van der Waals surface area contributed by atoms with Crippen LogP contribution in [0, 0.1) is 11.8 Å². The van der Waals surface area contributed by atoms with Gasteiger partial charge in [-0.1, -0.05) is 26.2 Å². The molecule has 3 aliphatic rings. The molecule has 1 spiro atoms. The van der Waals surface area contributed by atoms with Crippen LogP contribution in [0.5, 0.6) is 0 Å². The van der Waals surface area contributed by atoms with Crippen LogP contribution in [0.2, 0.25) is 0 Å². The lowest BCUT2D eigenvalue weighted by Gasteiger charge is -2.46. The highest BCUT2D eigenvalue weighted by Gasteiger charge is 2.44. The SMILES string of the molecule is CCCNC(C1CC1)C1CCOC2(CCCCC2)C1. The Balaban J connectivity index is 1.62. The van der Waals surface area contributed by atoms with E-state index in [0.717, 1.165) is 24.5 Å². The van der Waals surface area contributed by atoms with Crippen LogP contribution in [0.15, 0.2) is 0 Å². The Morgan fingerprint density at radius 3 is 2.58 bits per heavy atom. The summed E-state index contributed by atoms with van der Waals surface area (Å²) >= 11 is 0. The van der Waals surface area contributed by atoms with Crippen LogP contribution in [0.3, 0.4) is 0 Å². The van der Waals surface area contributed by atoms with Crippen LogP contribution in [-0.2, 0) is 4.74 Å². The highest BCUT2D eigenvalue weighted by Crippen LogP contribution is 2.45. The molecule has 0 amide bonds. The van der Waals surface area contributed by atoms with Gasteiger partial charge in [-0.3, -0.25) is 0 Å². The van der Waals surface area contributed by atoms with Crippen molar-refractivity contribution < 1.29 is 4.74 Å². The first-order valence-corrected chi connectivity index (χ1v) is 8.70. The summed E-state index contributed by atoms with van der Waals surface area (Å²) < 4.78 is 6.26. The molecule has 0 aromatic heterocycles. The van der Waals surface area contributed by atoms with Crippen molar-refractivity contribution in [3.63, 3.8) is 0 Å². The van der Waals surface area contributed by atoms with Crippen LogP contribution >= 0.6 is 0 Å². The first-order valence-electron chi connectivity index (χ1n) is 8.70. The average Bonchev–Trinajstić information content (AvgIpc) is 3.25. The standard InChI is InChI=1S/C17H31NO/c1-2-11-18-16(14-6-7-14)15-8-12-19-17(13-15)9-4-3-5-10-17/h14-16,18H,2-13H2,1H3. The van der Waals surface area contributed by atoms with E-state index < -0.39 is 0 Å². The molecule has 0 radical (unpaired) electrons. The first kappa shape index (κ1) is 13.9. The summed E-state index contributed by atoms with van der Waals surface area (Å²) in [5.41, 5.74) is 0.280. The van der Waals surface area contributed by atoms with Crippen LogP contribution in [0.4, 0.5) is 0 Å². The molecule has 0 aromatic rings. The second-order valence-electron chi connectivity index (χ2n) is 7.16. The van der Waals surface area contributed by atoms with Crippen LogP contribution in [-0.4, -0.2) is 24.8 Å². The minimum Gasteiger partial charge on any atom is -0.375 e. The molecule has 2 aliphatic carbocycles. The van der Waals surface area contributed by atoms with Gasteiger partial charge in [0.15, 0.2) is 0 Å². The van der Waals surface area contributed by atoms with Gasteiger partial charge in [-0.15, -0.1) is 0 Å². The number of hydrogen-bond donors (Lipinski definition) is 1. The third kappa shape index (κ3) is 3.33. The average molecular weight is 265 g/mol. The summed E-state index contributed by atoms with van der Waals surface area (Å²) in [6.07, 6.45) is 13.7. The molecule has 2 heteroatoms. The largest absolute Gasteiger partial charge is 0.375 e. The van der Waals surface area contributed by atoms with Gasteiger partial charge in [0.05, 0.1) is 5.60 Å². The molecule has 110 valence electrons. The topological polar surface area (TPSA) is 21.3 Å². The van der Waals surface area contributed by atoms with Crippen molar-refractivity contribution in [2.75, 3.05) is 13.2 Å². The summed E-state index contributed by atoms with van der Waals surface area (Å²) in [6.45, 7) is 4.50. The number of ether oxygens (including phenoxy) is 1. The third-order valence-electron chi connectivity index (χ3n) is 5.56. The lowest BCUT2D eigenvalue weighted by molar-refractivity contribution is -0.122. The van der Waals surface area contributed by atoms with Gasteiger partial charge in [0.1, 0.15) is 0 Å². The zero-order valence-electron chi connectivity index (χ0n) is 12.6. The van der Waals surface area contributed by atoms with Gasteiger partial charge in [0, 0.05) is 12.6 Å². The molecule has 3 fully saturated rings. The van der Waals surface area contributed by atoms with Crippen molar-refractivity contribution in [2.24, 2.45) is 11.8 Å². The molecule has 19 heavy (non-hydrogen) atoms. The van der Waals surface area contributed by atoms with Gasteiger partial charge in [-0.25, -0.2) is 0 Å². The molecule has 2 saturated carbocycles. The molecular weight excluding hydrogens is 234 g/mol. The smallest absolute Gasteiger partial charge is 0.0685 e. The second-order valence-corrected chi connectivity index (χ2v) is 7.16. The first-order chi connectivity index (χ1) is 9.33. The number of hydrogen-bond acceptors (Lipinski definition) is 2. The molecule has 2 nitrogen and oxygen atoms in total. The lowest BCUT2D eigenvalue weighted by Crippen LogP contribution is -2.48. The Kier molecular flexibility index (Phi) is 4.48. The molecule has 3 rings (SSSR count). The molecule has 1 saturated heterocycles. The van der Waals surface area contributed by atoms with Crippen LogP contribution < -0.4 is 5.32 Å². The van der Waals surface area contributed by atoms with E-state index in [1.807, 2.05) is 0 Å². The summed E-state index contributed by atoms with van der Waals surface area (Å²) in [5.74, 6) is 1.86. The monoisotopic (exact) mass is 265 g/mol. The van der Waals surface area contributed by atoms with E-state index in [9.17, 15) is 0 Å². The van der Waals surface area contributed by atoms with Gasteiger partial charge in [-0.2, -0.15) is 0 Å². The minimum atomic E-state index is 0.280. The van der Waals surface area contributed by atoms with Crippen molar-refractivity contribution in [2.45, 2.75) is 82.8 Å². The van der Waals surface area contributed by atoms with Gasteiger partial charge in [0.25, 0.3) is 0 Å². The van der Waals surface area contributed by atoms with E-state index in [1.165, 1.54) is 70.8 Å². The zero-order chi connectivity index (χ0) is 13.1. The molecule has 1 aliphatic heterocycles. The fourth-order valence-electron chi connectivity index (χ4n) is 4.40. The number of nitrogens with one attached hydrogen (secondary N) is 1. The lowest BCUT2D eigenvalue weighted by atomic mass is 9.73. The number of rotatable bonds is 5. The van der Waals surface area contributed by atoms with Crippen molar-refractivity contribution in [1.82, 2.24) is 5.32 Å². The fourth-order valence-corrected chi connectivity index (χ4v) is 4.40. The van der Waals surface area contributed by atoms with Crippen molar-refractivity contribution >= 4 is 0 Å². The van der Waals surface area contributed by atoms with E-state index in [-0.39, 0.29) is 5.60 Å². The van der Waals surface area contributed by atoms with Gasteiger partial charge in [-0.05, 0) is 63.3 Å². The second kappa shape index (κ2) is 6.13. The molecule has 0 aromatic carbocycles. The molecule has 0 bridgehead atoms. The maximum absolute atomic E-state index is 6.26. The molecule has 2 unspecified atom stereocenters. The van der Waals surface area contributed by atoms with Crippen LogP contribution in [0.25, 0.3) is 0 Å². The summed E-state index contributed by atoms with van der Waals surface area (Å²) in [5, 5.41) is 3.87. The molecular formula is C17H31NO. The summed E-state index contributed by atoms with van der Waals surface area (Å²) in [6, 6.07) is 0.794. The van der Waals surface area contributed by atoms with E-state index >= 15 is 0 Å². The summed E-state index contributed by atoms with van der Waals surface area (Å²) in [7, 11) is 0. The van der Waals surface area contributed by atoms with Gasteiger partial charge in [0.2, 0.25) is 0 Å². The predicted molar refractivity (Wildman–Crippen MR) is 79.3 cm³/mol. The quantitative estimate of drug-likeness (QED) is 0.814. The Morgan fingerprint density at radius 2 is 1.89 bits per heavy atom. The highest BCUT2D eigenvalue weighted by atomic mass is 16.5. The minimum absolute atomic E-state index is 0.280. The zero-order valence-corrected chi connectivity index (χ0v) is 12.6. The van der Waals surface area contributed by atoms with Gasteiger partial charge < -0.3 is 10.1 Å². The summed E-state index contributed by atoms with van der Waals surface area (Å²) in [4.78, 5) is 0. The Morgan fingerprint density at radius 1 is 1.11 bits per heavy atom. The molecule has 2 atom stereocenters. The molecule has 1 N–H and O–H groups in total. The normalized spacial score (nSPS) is 32.4. The van der Waals surface area contributed by atoms with E-state index in [2.05, 4.69) is 12.2 Å². The van der Waals surface area contributed by atoms with E-state index in [1.54, 1.807) is 0 Å². The van der Waals surface area contributed by atoms with Crippen molar-refractivity contribution in [3.05, 3.63) is 0 Å². The molecule has 1 heterocycles. The van der Waals surface area contributed by atoms with Gasteiger partial charge >= 0.3 is 0 Å². The maximum Gasteiger partial charge on any atom is 0.0685 e. The predicted octanol–water partition coefficient (Wildman–Crippen LogP) is 3.89. The Hall–Kier alpha value is -0.0800. The van der Waals surface area contributed by atoms with E-state index in [0.29, 0.717) is 0 Å². The highest BCUT2D eigenvalue weighted by molar-refractivity contribution is 4.97. The Bertz CT molecular complexity index is 275. The van der Waals surface area contributed by atoms with Crippen molar-refractivity contribution in [3.8, 4) is 0 Å². The maximum atomic E-state index is 6.26. The van der Waals surface area contributed by atoms with Crippen LogP contribution in [0.1, 0.15) is 71.1 Å². The van der Waals surface area contributed by atoms with Crippen molar-refractivity contribution in [1.29, 1.82) is 0 Å². The third-order valence-corrected chi connectivity index (χ3v) is 5.56.